The third-order valence-electron chi connectivity index (χ3n) is 4.72. The van der Waals surface area contributed by atoms with Crippen molar-refractivity contribution < 1.29 is 22.8 Å². The third-order valence-corrected chi connectivity index (χ3v) is 4.72. The molecule has 2 N–H and O–H groups in total. The van der Waals surface area contributed by atoms with Crippen molar-refractivity contribution in [3.63, 3.8) is 0 Å². The van der Waals surface area contributed by atoms with E-state index < -0.39 is 17.6 Å². The number of carbonyl (C=O) groups excluding carboxylic acids is 2. The summed E-state index contributed by atoms with van der Waals surface area (Å²) in [4.78, 5) is 26.3. The van der Waals surface area contributed by atoms with Gasteiger partial charge in [0.05, 0.1) is 16.9 Å². The van der Waals surface area contributed by atoms with Crippen LogP contribution in [0.4, 0.5) is 24.5 Å². The molecule has 3 rings (SSSR count). The second kappa shape index (κ2) is 8.98. The van der Waals surface area contributed by atoms with Crippen LogP contribution in [-0.2, 0) is 11.0 Å². The quantitative estimate of drug-likeness (QED) is 0.762. The molecule has 1 saturated heterocycles. The molecule has 154 valence electrons. The van der Waals surface area contributed by atoms with E-state index >= 15 is 0 Å². The number of nitrogens with one attached hydrogen (secondary N) is 2. The van der Waals surface area contributed by atoms with E-state index in [1.165, 1.54) is 6.07 Å². The van der Waals surface area contributed by atoms with Gasteiger partial charge in [0.1, 0.15) is 0 Å². The van der Waals surface area contributed by atoms with E-state index in [2.05, 4.69) is 10.6 Å². The molecular formula is C21H22F3N3O2. The lowest BCUT2D eigenvalue weighted by atomic mass is 10.1. The average Bonchev–Trinajstić information content (AvgIpc) is 3.22. The van der Waals surface area contributed by atoms with Crippen LogP contribution in [0.15, 0.2) is 48.5 Å². The fraction of sp³-hybridized carbons (Fsp3) is 0.333. The minimum Gasteiger partial charge on any atom is -0.370 e. The van der Waals surface area contributed by atoms with Crippen LogP contribution in [0.1, 0.15) is 35.2 Å². The van der Waals surface area contributed by atoms with Crippen molar-refractivity contribution in [3.05, 3.63) is 59.7 Å². The Morgan fingerprint density at radius 2 is 1.69 bits per heavy atom. The van der Waals surface area contributed by atoms with Gasteiger partial charge in [-0.05, 0) is 43.2 Å². The molecule has 8 heteroatoms. The molecule has 0 atom stereocenters. The van der Waals surface area contributed by atoms with E-state index in [9.17, 15) is 22.8 Å². The Hall–Kier alpha value is -3.03. The first-order chi connectivity index (χ1) is 13.8. The van der Waals surface area contributed by atoms with Gasteiger partial charge in [-0.25, -0.2) is 0 Å². The molecule has 0 aromatic heterocycles. The number of alkyl halides is 3. The van der Waals surface area contributed by atoms with Gasteiger partial charge in [0.2, 0.25) is 5.91 Å². The molecule has 1 aliphatic rings. The number of benzene rings is 2. The molecule has 5 nitrogen and oxygen atoms in total. The Morgan fingerprint density at radius 1 is 1.00 bits per heavy atom. The van der Waals surface area contributed by atoms with E-state index in [0.29, 0.717) is 11.3 Å². The second-order valence-electron chi connectivity index (χ2n) is 6.84. The maximum absolute atomic E-state index is 13.1. The summed E-state index contributed by atoms with van der Waals surface area (Å²) < 4.78 is 39.3. The molecule has 0 spiro atoms. The van der Waals surface area contributed by atoms with Crippen LogP contribution in [0, 0.1) is 0 Å². The van der Waals surface area contributed by atoms with E-state index in [-0.39, 0.29) is 24.6 Å². The van der Waals surface area contributed by atoms with Gasteiger partial charge >= 0.3 is 6.18 Å². The van der Waals surface area contributed by atoms with Crippen LogP contribution in [0.2, 0.25) is 0 Å². The van der Waals surface area contributed by atoms with Gasteiger partial charge < -0.3 is 15.5 Å². The highest BCUT2D eigenvalue weighted by atomic mass is 19.4. The Labute approximate surface area is 166 Å². The number of carbonyl (C=O) groups is 2. The molecule has 29 heavy (non-hydrogen) atoms. The SMILES string of the molecule is O=C(CCNC(=O)c1ccccc1)Nc1cc(C(F)(F)F)ccc1N1CCCC1. The van der Waals surface area contributed by atoms with E-state index in [4.69, 9.17) is 0 Å². The lowest BCUT2D eigenvalue weighted by molar-refractivity contribution is -0.137. The second-order valence-corrected chi connectivity index (χ2v) is 6.84. The summed E-state index contributed by atoms with van der Waals surface area (Å²) >= 11 is 0. The maximum atomic E-state index is 13.1. The predicted octanol–water partition coefficient (Wildman–Crippen LogP) is 4.06. The molecule has 0 aliphatic carbocycles. The standard InChI is InChI=1S/C21H22F3N3O2/c22-21(23,24)16-8-9-18(27-12-4-5-13-27)17(14-16)26-19(28)10-11-25-20(29)15-6-2-1-3-7-15/h1-3,6-9,14H,4-5,10-13H2,(H,25,29)(H,26,28). The van der Waals surface area contributed by atoms with Crippen molar-refractivity contribution in [2.24, 2.45) is 0 Å². The summed E-state index contributed by atoms with van der Waals surface area (Å²) in [6.07, 6.45) is -2.62. The summed E-state index contributed by atoms with van der Waals surface area (Å²) in [5, 5.41) is 5.21. The summed E-state index contributed by atoms with van der Waals surface area (Å²) in [7, 11) is 0. The van der Waals surface area contributed by atoms with Crippen molar-refractivity contribution in [2.75, 3.05) is 29.9 Å². The van der Waals surface area contributed by atoms with E-state index in [0.717, 1.165) is 38.1 Å². The highest BCUT2D eigenvalue weighted by Gasteiger charge is 2.32. The van der Waals surface area contributed by atoms with Gasteiger partial charge in [0.15, 0.2) is 0 Å². The Balaban J connectivity index is 1.64. The Kier molecular flexibility index (Phi) is 6.41. The number of amides is 2. The molecule has 1 heterocycles. The van der Waals surface area contributed by atoms with E-state index in [1.807, 2.05) is 4.90 Å². The molecular weight excluding hydrogens is 383 g/mol. The van der Waals surface area contributed by atoms with Crippen molar-refractivity contribution in [1.82, 2.24) is 5.32 Å². The van der Waals surface area contributed by atoms with E-state index in [1.54, 1.807) is 30.3 Å². The first-order valence-electron chi connectivity index (χ1n) is 9.44. The van der Waals surface area contributed by atoms with Crippen LogP contribution in [-0.4, -0.2) is 31.4 Å². The molecule has 1 aliphatic heterocycles. The maximum Gasteiger partial charge on any atom is 0.416 e. The van der Waals surface area contributed by atoms with Gasteiger partial charge in [-0.1, -0.05) is 18.2 Å². The third kappa shape index (κ3) is 5.49. The van der Waals surface area contributed by atoms with Crippen LogP contribution in [0.5, 0.6) is 0 Å². The Bertz CT molecular complexity index is 863. The minimum absolute atomic E-state index is 0.0474. The first-order valence-corrected chi connectivity index (χ1v) is 9.44. The highest BCUT2D eigenvalue weighted by Crippen LogP contribution is 2.36. The zero-order chi connectivity index (χ0) is 20.9. The van der Waals surface area contributed by atoms with Gasteiger partial charge in [-0.3, -0.25) is 9.59 Å². The first kappa shape index (κ1) is 20.7. The average molecular weight is 405 g/mol. The number of hydrogen-bond acceptors (Lipinski definition) is 3. The van der Waals surface area contributed by atoms with Crippen LogP contribution >= 0.6 is 0 Å². The van der Waals surface area contributed by atoms with Gasteiger partial charge in [-0.2, -0.15) is 13.2 Å². The number of nitrogens with zero attached hydrogens (tertiary/aromatic N) is 1. The molecule has 2 aromatic rings. The largest absolute Gasteiger partial charge is 0.416 e. The zero-order valence-electron chi connectivity index (χ0n) is 15.8. The smallest absolute Gasteiger partial charge is 0.370 e. The summed E-state index contributed by atoms with van der Waals surface area (Å²) in [5.41, 5.74) is 0.383. The predicted molar refractivity (Wildman–Crippen MR) is 105 cm³/mol. The lowest BCUT2D eigenvalue weighted by Crippen LogP contribution is -2.28. The Morgan fingerprint density at radius 3 is 2.34 bits per heavy atom. The topological polar surface area (TPSA) is 61.4 Å². The molecule has 0 bridgehead atoms. The summed E-state index contributed by atoms with van der Waals surface area (Å²) in [5.74, 6) is -0.770. The monoisotopic (exact) mass is 405 g/mol. The summed E-state index contributed by atoms with van der Waals surface area (Å²) in [6, 6.07) is 12.0. The van der Waals surface area contributed by atoms with Crippen molar-refractivity contribution in [2.45, 2.75) is 25.4 Å². The fourth-order valence-corrected chi connectivity index (χ4v) is 3.24. The van der Waals surface area contributed by atoms with Crippen LogP contribution in [0.25, 0.3) is 0 Å². The molecule has 2 aromatic carbocycles. The zero-order valence-corrected chi connectivity index (χ0v) is 15.8. The van der Waals surface area contributed by atoms with Crippen molar-refractivity contribution >= 4 is 23.2 Å². The molecule has 0 unspecified atom stereocenters. The van der Waals surface area contributed by atoms with Crippen LogP contribution < -0.4 is 15.5 Å². The summed E-state index contributed by atoms with van der Waals surface area (Å²) in [6.45, 7) is 1.56. The van der Waals surface area contributed by atoms with Crippen molar-refractivity contribution in [3.8, 4) is 0 Å². The van der Waals surface area contributed by atoms with Gasteiger partial charge in [0, 0.05) is 31.6 Å². The highest BCUT2D eigenvalue weighted by molar-refractivity contribution is 5.96. The molecule has 2 amide bonds. The molecule has 1 fully saturated rings. The fourth-order valence-electron chi connectivity index (χ4n) is 3.24. The van der Waals surface area contributed by atoms with Gasteiger partial charge in [-0.15, -0.1) is 0 Å². The lowest BCUT2D eigenvalue weighted by Gasteiger charge is -2.23. The molecule has 0 radical (unpaired) electrons. The molecule has 0 saturated carbocycles. The van der Waals surface area contributed by atoms with Crippen molar-refractivity contribution in [1.29, 1.82) is 0 Å². The van der Waals surface area contributed by atoms with Crippen LogP contribution in [0.3, 0.4) is 0 Å². The number of anilines is 2. The normalized spacial score (nSPS) is 14.0. The minimum atomic E-state index is -4.49. The number of rotatable bonds is 6. The number of halogens is 3. The van der Waals surface area contributed by atoms with Gasteiger partial charge in [0.25, 0.3) is 5.91 Å². The number of hydrogen-bond donors (Lipinski definition) is 2.